The van der Waals surface area contributed by atoms with Crippen molar-refractivity contribution in [2.45, 2.75) is 76.8 Å². The summed E-state index contributed by atoms with van der Waals surface area (Å²) in [6.45, 7) is 5.82. The Hall–Kier alpha value is -0.0800. The molecule has 1 atom stereocenters. The van der Waals surface area contributed by atoms with Crippen molar-refractivity contribution in [1.82, 2.24) is 10.2 Å². The van der Waals surface area contributed by atoms with Crippen LogP contribution in [0.4, 0.5) is 0 Å². The van der Waals surface area contributed by atoms with E-state index in [0.717, 1.165) is 18.4 Å². The van der Waals surface area contributed by atoms with Gasteiger partial charge >= 0.3 is 0 Å². The van der Waals surface area contributed by atoms with Crippen LogP contribution in [0.5, 0.6) is 0 Å². The summed E-state index contributed by atoms with van der Waals surface area (Å²) in [6.07, 6.45) is 11.4. The molecule has 2 fully saturated rings. The fourth-order valence-electron chi connectivity index (χ4n) is 4.66. The predicted molar refractivity (Wildman–Crippen MR) is 83.5 cm³/mol. The highest BCUT2D eigenvalue weighted by molar-refractivity contribution is 5.05. The average molecular weight is 266 g/mol. The van der Waals surface area contributed by atoms with Crippen LogP contribution in [0.25, 0.3) is 0 Å². The molecule has 2 aliphatic rings. The maximum atomic E-state index is 3.89. The van der Waals surface area contributed by atoms with Crippen molar-refractivity contribution in [3.63, 3.8) is 0 Å². The molecule has 0 bridgehead atoms. The molecule has 0 spiro atoms. The molecule has 19 heavy (non-hydrogen) atoms. The van der Waals surface area contributed by atoms with Crippen LogP contribution in [-0.2, 0) is 0 Å². The lowest BCUT2D eigenvalue weighted by Gasteiger charge is -2.48. The summed E-state index contributed by atoms with van der Waals surface area (Å²) in [6, 6.07) is 0.711. The lowest BCUT2D eigenvalue weighted by Crippen LogP contribution is -2.60. The fraction of sp³-hybridized carbons (Fsp3) is 1.00. The summed E-state index contributed by atoms with van der Waals surface area (Å²) in [5, 5.41) is 3.89. The van der Waals surface area contributed by atoms with Gasteiger partial charge in [0.05, 0.1) is 0 Å². The molecule has 0 aromatic heterocycles. The van der Waals surface area contributed by atoms with Crippen molar-refractivity contribution in [1.29, 1.82) is 0 Å². The third kappa shape index (κ3) is 3.16. The van der Waals surface area contributed by atoms with Crippen LogP contribution >= 0.6 is 0 Å². The Balaban J connectivity index is 2.13. The Bertz CT molecular complexity index is 260. The van der Waals surface area contributed by atoms with Crippen molar-refractivity contribution >= 4 is 0 Å². The van der Waals surface area contributed by atoms with E-state index in [2.05, 4.69) is 38.2 Å². The lowest BCUT2D eigenvalue weighted by molar-refractivity contribution is 0.0572. The summed E-state index contributed by atoms with van der Waals surface area (Å²) < 4.78 is 0. The lowest BCUT2D eigenvalue weighted by atomic mass is 9.71. The molecule has 2 rings (SSSR count). The number of rotatable bonds is 5. The van der Waals surface area contributed by atoms with Gasteiger partial charge in [0.2, 0.25) is 0 Å². The van der Waals surface area contributed by atoms with Crippen molar-refractivity contribution in [3.05, 3.63) is 0 Å². The zero-order valence-electron chi connectivity index (χ0n) is 13.5. The number of nitrogens with one attached hydrogen (secondary N) is 1. The number of hydrogen-bond donors (Lipinski definition) is 1. The monoisotopic (exact) mass is 266 g/mol. The third-order valence-corrected chi connectivity index (χ3v) is 5.89. The molecule has 0 saturated heterocycles. The van der Waals surface area contributed by atoms with Gasteiger partial charge in [0.1, 0.15) is 0 Å². The van der Waals surface area contributed by atoms with Crippen LogP contribution in [0.15, 0.2) is 0 Å². The highest BCUT2D eigenvalue weighted by Gasteiger charge is 2.46. The number of hydrogen-bond acceptors (Lipinski definition) is 2. The maximum absolute atomic E-state index is 3.89. The molecule has 0 radical (unpaired) electrons. The third-order valence-electron chi connectivity index (χ3n) is 5.89. The molecule has 112 valence electrons. The molecule has 2 saturated carbocycles. The predicted octanol–water partition coefficient (Wildman–Crippen LogP) is 3.67. The number of likely N-dealkylation sites (N-methyl/N-ethyl adjacent to an activating group) is 2. The van der Waals surface area contributed by atoms with E-state index >= 15 is 0 Å². The molecule has 2 nitrogen and oxygen atoms in total. The summed E-state index contributed by atoms with van der Waals surface area (Å²) in [5.41, 5.74) is 0.432. The van der Waals surface area contributed by atoms with Crippen molar-refractivity contribution in [2.24, 2.45) is 11.8 Å². The molecule has 0 heterocycles. The minimum Gasteiger partial charge on any atom is -0.312 e. The van der Waals surface area contributed by atoms with Gasteiger partial charge in [-0.15, -0.1) is 0 Å². The van der Waals surface area contributed by atoms with Gasteiger partial charge in [-0.1, -0.05) is 39.5 Å². The van der Waals surface area contributed by atoms with Crippen molar-refractivity contribution in [2.75, 3.05) is 20.6 Å². The Labute approximate surface area is 120 Å². The molecule has 2 aliphatic carbocycles. The SMILES string of the molecule is CCNC(C1CCC(C)CC1)C1(N(C)C)CCCC1. The van der Waals surface area contributed by atoms with Gasteiger partial charge < -0.3 is 10.2 Å². The van der Waals surface area contributed by atoms with Gasteiger partial charge in [-0.2, -0.15) is 0 Å². The van der Waals surface area contributed by atoms with Crippen LogP contribution in [0.3, 0.4) is 0 Å². The summed E-state index contributed by atoms with van der Waals surface area (Å²) in [7, 11) is 4.61. The van der Waals surface area contributed by atoms with Crippen LogP contribution in [0, 0.1) is 11.8 Å². The van der Waals surface area contributed by atoms with E-state index in [9.17, 15) is 0 Å². The molecular weight excluding hydrogens is 232 g/mol. The molecule has 2 heteroatoms. The van der Waals surface area contributed by atoms with E-state index in [1.165, 1.54) is 51.4 Å². The van der Waals surface area contributed by atoms with Gasteiger partial charge in [-0.05, 0) is 58.2 Å². The van der Waals surface area contributed by atoms with E-state index in [4.69, 9.17) is 0 Å². The Morgan fingerprint density at radius 1 is 1.11 bits per heavy atom. The second-order valence-electron chi connectivity index (χ2n) is 7.26. The molecule has 1 N–H and O–H groups in total. The first-order valence-electron chi connectivity index (χ1n) is 8.51. The van der Waals surface area contributed by atoms with E-state index < -0.39 is 0 Å². The van der Waals surface area contributed by atoms with E-state index in [1.54, 1.807) is 0 Å². The largest absolute Gasteiger partial charge is 0.312 e. The van der Waals surface area contributed by atoms with Crippen LogP contribution in [0.1, 0.15) is 65.2 Å². The molecular formula is C17H34N2. The second-order valence-corrected chi connectivity index (χ2v) is 7.26. The smallest absolute Gasteiger partial charge is 0.0359 e. The van der Waals surface area contributed by atoms with Gasteiger partial charge in [0.15, 0.2) is 0 Å². The first-order valence-corrected chi connectivity index (χ1v) is 8.51. The summed E-state index contributed by atoms with van der Waals surface area (Å²) >= 11 is 0. The fourth-order valence-corrected chi connectivity index (χ4v) is 4.66. The standard InChI is InChI=1S/C17H34N2/c1-5-18-16(15-10-8-14(2)9-11-15)17(19(3)4)12-6-7-13-17/h14-16,18H,5-13H2,1-4H3. The van der Waals surface area contributed by atoms with Crippen LogP contribution < -0.4 is 5.32 Å². The number of nitrogens with zero attached hydrogens (tertiary/aromatic N) is 1. The Kier molecular flexibility index (Phi) is 5.30. The Morgan fingerprint density at radius 3 is 2.16 bits per heavy atom. The minimum absolute atomic E-state index is 0.432. The van der Waals surface area contributed by atoms with Gasteiger partial charge in [-0.25, -0.2) is 0 Å². The van der Waals surface area contributed by atoms with Gasteiger partial charge in [0.25, 0.3) is 0 Å². The Morgan fingerprint density at radius 2 is 1.68 bits per heavy atom. The first-order chi connectivity index (χ1) is 9.10. The summed E-state index contributed by atoms with van der Waals surface area (Å²) in [5.74, 6) is 1.86. The molecule has 0 aliphatic heterocycles. The molecule has 0 amide bonds. The van der Waals surface area contributed by atoms with E-state index in [-0.39, 0.29) is 0 Å². The van der Waals surface area contributed by atoms with Crippen LogP contribution in [-0.4, -0.2) is 37.1 Å². The first kappa shape index (κ1) is 15.3. The maximum Gasteiger partial charge on any atom is 0.0359 e. The highest BCUT2D eigenvalue weighted by atomic mass is 15.2. The normalized spacial score (nSPS) is 32.7. The highest BCUT2D eigenvalue weighted by Crippen LogP contribution is 2.43. The topological polar surface area (TPSA) is 15.3 Å². The molecule has 0 aromatic carbocycles. The molecule has 1 unspecified atom stereocenters. The quantitative estimate of drug-likeness (QED) is 0.817. The zero-order chi connectivity index (χ0) is 13.9. The van der Waals surface area contributed by atoms with E-state index in [0.29, 0.717) is 11.6 Å². The van der Waals surface area contributed by atoms with Crippen molar-refractivity contribution < 1.29 is 0 Å². The molecule has 0 aromatic rings. The van der Waals surface area contributed by atoms with Crippen molar-refractivity contribution in [3.8, 4) is 0 Å². The summed E-state index contributed by atoms with van der Waals surface area (Å²) in [4.78, 5) is 2.55. The zero-order valence-corrected chi connectivity index (χ0v) is 13.5. The van der Waals surface area contributed by atoms with Gasteiger partial charge in [-0.3, -0.25) is 0 Å². The van der Waals surface area contributed by atoms with Gasteiger partial charge in [0, 0.05) is 11.6 Å². The van der Waals surface area contributed by atoms with Crippen LogP contribution in [0.2, 0.25) is 0 Å². The van der Waals surface area contributed by atoms with E-state index in [1.807, 2.05) is 0 Å². The average Bonchev–Trinajstić information content (AvgIpc) is 2.88. The second kappa shape index (κ2) is 6.58. The minimum atomic E-state index is 0.432.